The number of hydrogen-bond acceptors (Lipinski definition) is 7. The van der Waals surface area contributed by atoms with Crippen molar-refractivity contribution in [3.05, 3.63) is 58.2 Å². The summed E-state index contributed by atoms with van der Waals surface area (Å²) in [5, 5.41) is 14.6. The van der Waals surface area contributed by atoms with Crippen LogP contribution in [0.5, 0.6) is 5.88 Å². The lowest BCUT2D eigenvalue weighted by Crippen LogP contribution is -2.17. The highest BCUT2D eigenvalue weighted by molar-refractivity contribution is 6.10. The highest BCUT2D eigenvalue weighted by Crippen LogP contribution is 2.33. The maximum absolute atomic E-state index is 14.8. The molecule has 2 N–H and O–H groups in total. The first-order chi connectivity index (χ1) is 14.7. The van der Waals surface area contributed by atoms with Crippen molar-refractivity contribution in [2.75, 3.05) is 5.73 Å². The lowest BCUT2D eigenvalue weighted by Gasteiger charge is -2.13. The van der Waals surface area contributed by atoms with Gasteiger partial charge in [-0.1, -0.05) is 25.1 Å². The molecule has 164 valence electrons. The second kappa shape index (κ2) is 8.66. The first-order valence-electron chi connectivity index (χ1n) is 9.29. The monoisotopic (exact) mass is 437 g/mol. The van der Waals surface area contributed by atoms with Crippen molar-refractivity contribution in [2.24, 2.45) is 12.2 Å². The first kappa shape index (κ1) is 22.1. The van der Waals surface area contributed by atoms with Crippen molar-refractivity contribution in [3.63, 3.8) is 0 Å². The van der Waals surface area contributed by atoms with E-state index in [-0.39, 0.29) is 23.2 Å². The Morgan fingerprint density at radius 3 is 2.55 bits per heavy atom. The molecule has 0 bridgehead atoms. The van der Waals surface area contributed by atoms with Gasteiger partial charge in [-0.15, -0.1) is 5.10 Å². The van der Waals surface area contributed by atoms with Crippen LogP contribution in [0.25, 0.3) is 0 Å². The number of aryl methyl sites for hydroxylation is 2. The van der Waals surface area contributed by atoms with Gasteiger partial charge in [0.1, 0.15) is 11.6 Å². The number of nitrogens with two attached hydrogens (primary N) is 1. The maximum atomic E-state index is 14.8. The number of rotatable bonds is 6. The summed E-state index contributed by atoms with van der Waals surface area (Å²) in [4.78, 5) is 9.46. The van der Waals surface area contributed by atoms with E-state index in [9.17, 15) is 17.6 Å². The molecule has 0 saturated carbocycles. The Hall–Kier alpha value is -3.57. The Morgan fingerprint density at radius 1 is 1.23 bits per heavy atom. The number of benzene rings is 1. The molecular weight excluding hydrogens is 418 g/mol. The van der Waals surface area contributed by atoms with Gasteiger partial charge in [0, 0.05) is 18.7 Å². The van der Waals surface area contributed by atoms with Crippen molar-refractivity contribution in [2.45, 2.75) is 32.9 Å². The number of hydrogen-bond donors (Lipinski definition) is 1. The van der Waals surface area contributed by atoms with Gasteiger partial charge in [0.15, 0.2) is 5.71 Å². The molecule has 2 aromatic heterocycles. The molecule has 0 atom stereocenters. The van der Waals surface area contributed by atoms with Crippen LogP contribution in [0.2, 0.25) is 0 Å². The molecule has 12 heteroatoms. The summed E-state index contributed by atoms with van der Waals surface area (Å²) in [5.41, 5.74) is 5.45. The second-order valence-corrected chi connectivity index (χ2v) is 6.51. The van der Waals surface area contributed by atoms with E-state index in [1.54, 1.807) is 6.07 Å². The van der Waals surface area contributed by atoms with Crippen LogP contribution in [-0.2, 0) is 26.1 Å². The summed E-state index contributed by atoms with van der Waals surface area (Å²) in [6, 6.07) is 4.43. The number of nitrogen functional groups attached to an aromatic ring is 1. The quantitative estimate of drug-likeness (QED) is 0.361. The van der Waals surface area contributed by atoms with Crippen molar-refractivity contribution in [1.29, 1.82) is 0 Å². The van der Waals surface area contributed by atoms with Crippen LogP contribution in [-0.4, -0.2) is 30.9 Å². The normalized spacial score (nSPS) is 12.3. The predicted octanol–water partition coefficient (Wildman–Crippen LogP) is 3.30. The Balaban J connectivity index is 2.12. The van der Waals surface area contributed by atoms with Crippen LogP contribution < -0.4 is 10.6 Å². The fourth-order valence-corrected chi connectivity index (χ4v) is 3.06. The molecule has 0 aliphatic heterocycles. The van der Waals surface area contributed by atoms with Crippen LogP contribution >= 0.6 is 0 Å². The minimum absolute atomic E-state index is 0.00608. The molecule has 0 unspecified atom stereocenters. The number of oxime groups is 1. The van der Waals surface area contributed by atoms with Crippen LogP contribution in [0.15, 0.2) is 29.4 Å². The molecule has 0 aliphatic rings. The number of pyridine rings is 1. The van der Waals surface area contributed by atoms with E-state index in [1.165, 1.54) is 7.05 Å². The Morgan fingerprint density at radius 2 is 1.97 bits per heavy atom. The summed E-state index contributed by atoms with van der Waals surface area (Å²) >= 11 is 0. The van der Waals surface area contributed by atoms with Gasteiger partial charge >= 0.3 is 6.18 Å². The number of nitrogens with zero attached hydrogens (tertiary/aromatic N) is 6. The smallest absolute Gasteiger partial charge is 0.383 e. The number of anilines is 1. The van der Waals surface area contributed by atoms with Gasteiger partial charge in [-0.3, -0.25) is 0 Å². The van der Waals surface area contributed by atoms with Gasteiger partial charge in [-0.2, -0.15) is 18.2 Å². The molecule has 8 nitrogen and oxygen atoms in total. The third-order valence-electron chi connectivity index (χ3n) is 4.58. The van der Waals surface area contributed by atoms with E-state index in [1.807, 2.05) is 13.8 Å². The molecule has 0 amide bonds. The Bertz CT molecular complexity index is 1120. The van der Waals surface area contributed by atoms with E-state index in [2.05, 4.69) is 25.7 Å². The molecule has 0 aliphatic carbocycles. The van der Waals surface area contributed by atoms with Crippen LogP contribution in [0, 0.1) is 5.82 Å². The Labute approximate surface area is 174 Å². The highest BCUT2D eigenvalue weighted by Gasteiger charge is 2.36. The largest absolute Gasteiger partial charge is 0.419 e. The minimum atomic E-state index is -4.90. The van der Waals surface area contributed by atoms with E-state index in [0.29, 0.717) is 18.9 Å². The van der Waals surface area contributed by atoms with E-state index < -0.39 is 23.1 Å². The summed E-state index contributed by atoms with van der Waals surface area (Å²) in [6.45, 7) is 3.86. The number of tetrazole rings is 1. The molecule has 0 radical (unpaired) electrons. The third kappa shape index (κ3) is 4.47. The molecule has 0 spiro atoms. The van der Waals surface area contributed by atoms with Crippen LogP contribution in [0.1, 0.15) is 41.9 Å². The average Bonchev–Trinajstić information content (AvgIpc) is 3.13. The summed E-state index contributed by atoms with van der Waals surface area (Å²) in [6.07, 6.45) is -3.58. The molecule has 0 fully saturated rings. The van der Waals surface area contributed by atoms with Gasteiger partial charge < -0.3 is 10.6 Å². The molecule has 3 aromatic rings. The zero-order valence-electron chi connectivity index (χ0n) is 16.9. The molecule has 1 aromatic carbocycles. The van der Waals surface area contributed by atoms with Crippen molar-refractivity contribution >= 4 is 11.5 Å². The third-order valence-corrected chi connectivity index (χ3v) is 4.58. The molecule has 31 heavy (non-hydrogen) atoms. The zero-order chi connectivity index (χ0) is 22.8. The Kier molecular flexibility index (Phi) is 6.18. The molecule has 3 rings (SSSR count). The number of halogens is 4. The summed E-state index contributed by atoms with van der Waals surface area (Å²) < 4.78 is 55.5. The van der Waals surface area contributed by atoms with Crippen LogP contribution in [0.4, 0.5) is 23.4 Å². The van der Waals surface area contributed by atoms with E-state index in [0.717, 1.165) is 27.9 Å². The van der Waals surface area contributed by atoms with Gasteiger partial charge in [0.2, 0.25) is 5.82 Å². The molecule has 0 saturated heterocycles. The number of aromatic nitrogens is 5. The lowest BCUT2D eigenvalue weighted by atomic mass is 10.0. The van der Waals surface area contributed by atoms with Crippen molar-refractivity contribution in [3.8, 4) is 5.88 Å². The predicted molar refractivity (Wildman–Crippen MR) is 104 cm³/mol. The van der Waals surface area contributed by atoms with Gasteiger partial charge in [-0.05, 0) is 46.5 Å². The average molecular weight is 437 g/mol. The fraction of sp³-hybridized carbons (Fsp3) is 0.316. The minimum Gasteiger partial charge on any atom is -0.383 e. The van der Waals surface area contributed by atoms with Gasteiger partial charge in [0.25, 0.3) is 5.88 Å². The lowest BCUT2D eigenvalue weighted by molar-refractivity contribution is -0.140. The zero-order valence-corrected chi connectivity index (χ0v) is 16.9. The topological polar surface area (TPSA) is 104 Å². The molecule has 2 heterocycles. The standard InChI is InChI=1S/C19H19F4N7O/c1-4-10-9-14(25-17(24)11(10)5-2)31-27-16(18-26-28-29-30(18)3)12-7-6-8-13(15(12)20)19(21,22)23/h6-9H,4-5H2,1-3H3,(H2,24,25). The maximum Gasteiger partial charge on any atom is 0.419 e. The highest BCUT2D eigenvalue weighted by atomic mass is 19.4. The number of alkyl halides is 3. The molecular formula is C19H19F4N7O. The van der Waals surface area contributed by atoms with Gasteiger partial charge in [0.05, 0.1) is 5.56 Å². The van der Waals surface area contributed by atoms with E-state index in [4.69, 9.17) is 10.6 Å². The fourth-order valence-electron chi connectivity index (χ4n) is 3.06. The SMILES string of the molecule is CCc1cc(ON=C(c2cccc(C(F)(F)F)c2F)c2nnnn2C)nc(N)c1CC. The van der Waals surface area contributed by atoms with Gasteiger partial charge in [-0.25, -0.2) is 9.07 Å². The summed E-state index contributed by atoms with van der Waals surface area (Å²) in [5.74, 6) is -1.37. The van der Waals surface area contributed by atoms with Crippen molar-refractivity contribution in [1.82, 2.24) is 25.2 Å². The second-order valence-electron chi connectivity index (χ2n) is 6.51. The van der Waals surface area contributed by atoms with Crippen LogP contribution in [0.3, 0.4) is 0 Å². The first-order valence-corrected chi connectivity index (χ1v) is 9.29. The summed E-state index contributed by atoms with van der Waals surface area (Å²) in [7, 11) is 1.43. The van der Waals surface area contributed by atoms with Crippen molar-refractivity contribution < 1.29 is 22.4 Å². The van der Waals surface area contributed by atoms with E-state index >= 15 is 0 Å².